The van der Waals surface area contributed by atoms with Crippen molar-refractivity contribution in [2.24, 2.45) is 0 Å². The van der Waals surface area contributed by atoms with Crippen LogP contribution in [0.2, 0.25) is 0 Å². The molecule has 0 spiro atoms. The molecule has 1 aliphatic heterocycles. The van der Waals surface area contributed by atoms with Gasteiger partial charge in [-0.25, -0.2) is 4.98 Å². The predicted octanol–water partition coefficient (Wildman–Crippen LogP) is 3.50. The van der Waals surface area contributed by atoms with Crippen molar-refractivity contribution in [3.8, 4) is 0 Å². The summed E-state index contributed by atoms with van der Waals surface area (Å²) < 4.78 is 0. The number of fused-ring (bicyclic) bond motifs is 1. The summed E-state index contributed by atoms with van der Waals surface area (Å²) >= 11 is 1.19. The maximum absolute atomic E-state index is 12.5. The van der Waals surface area contributed by atoms with Crippen molar-refractivity contribution in [3.63, 3.8) is 0 Å². The lowest BCUT2D eigenvalue weighted by atomic mass is 10.1. The van der Waals surface area contributed by atoms with Gasteiger partial charge in [-0.3, -0.25) is 19.3 Å². The van der Waals surface area contributed by atoms with Crippen molar-refractivity contribution in [3.05, 3.63) is 81.3 Å². The topological polar surface area (TPSA) is 79.4 Å². The number of hydrogen-bond donors (Lipinski definition) is 1. The van der Waals surface area contributed by atoms with Gasteiger partial charge in [-0.1, -0.05) is 30.3 Å². The van der Waals surface area contributed by atoms with Crippen molar-refractivity contribution in [2.45, 2.75) is 13.5 Å². The lowest BCUT2D eigenvalue weighted by Gasteiger charge is -2.11. The van der Waals surface area contributed by atoms with Gasteiger partial charge in [-0.15, -0.1) is 11.3 Å². The van der Waals surface area contributed by atoms with E-state index >= 15 is 0 Å². The first-order valence-electron chi connectivity index (χ1n) is 8.32. The smallest absolute Gasteiger partial charge is 0.267 e. The third-order valence-electron chi connectivity index (χ3n) is 4.25. The molecule has 0 saturated carbocycles. The van der Waals surface area contributed by atoms with E-state index in [1.807, 2.05) is 18.2 Å². The number of nitrogens with one attached hydrogen (secondary N) is 1. The van der Waals surface area contributed by atoms with Crippen LogP contribution in [0.3, 0.4) is 0 Å². The Morgan fingerprint density at radius 1 is 1.00 bits per heavy atom. The van der Waals surface area contributed by atoms with E-state index in [4.69, 9.17) is 0 Å². The molecule has 0 radical (unpaired) electrons. The highest BCUT2D eigenvalue weighted by Gasteiger charge is 2.35. The summed E-state index contributed by atoms with van der Waals surface area (Å²) in [6, 6.07) is 15.9. The van der Waals surface area contributed by atoms with Crippen LogP contribution in [-0.2, 0) is 6.54 Å². The van der Waals surface area contributed by atoms with Gasteiger partial charge in [-0.05, 0) is 31.2 Å². The predicted molar refractivity (Wildman–Crippen MR) is 102 cm³/mol. The molecule has 1 aromatic heterocycles. The Kier molecular flexibility index (Phi) is 4.29. The first kappa shape index (κ1) is 17.1. The van der Waals surface area contributed by atoms with Crippen molar-refractivity contribution >= 4 is 34.7 Å². The van der Waals surface area contributed by atoms with Crippen LogP contribution in [0.1, 0.15) is 41.1 Å². The average molecular weight is 377 g/mol. The average Bonchev–Trinajstić information content (AvgIpc) is 3.16. The molecular weight excluding hydrogens is 362 g/mol. The van der Waals surface area contributed by atoms with Crippen LogP contribution in [0.15, 0.2) is 54.6 Å². The second-order valence-corrected chi connectivity index (χ2v) is 7.17. The van der Waals surface area contributed by atoms with Crippen molar-refractivity contribution in [1.82, 2.24) is 9.88 Å². The van der Waals surface area contributed by atoms with E-state index in [0.717, 1.165) is 0 Å². The molecule has 3 amide bonds. The first-order chi connectivity index (χ1) is 13.0. The number of carbonyl (C=O) groups is 3. The van der Waals surface area contributed by atoms with Gasteiger partial charge in [0.15, 0.2) is 0 Å². The third-order valence-corrected chi connectivity index (χ3v) is 5.39. The fraction of sp³-hybridized carbons (Fsp3) is 0.100. The lowest BCUT2D eigenvalue weighted by Crippen LogP contribution is -2.29. The van der Waals surface area contributed by atoms with Gasteiger partial charge in [0.25, 0.3) is 17.7 Å². The molecule has 0 aliphatic carbocycles. The molecule has 0 unspecified atom stereocenters. The molecule has 3 aromatic rings. The molecule has 7 heteroatoms. The monoisotopic (exact) mass is 377 g/mol. The summed E-state index contributed by atoms with van der Waals surface area (Å²) in [5.41, 5.74) is 2.06. The van der Waals surface area contributed by atoms with Crippen LogP contribution in [0.25, 0.3) is 0 Å². The van der Waals surface area contributed by atoms with Gasteiger partial charge < -0.3 is 5.32 Å². The highest BCUT2D eigenvalue weighted by atomic mass is 32.1. The second kappa shape index (κ2) is 6.77. The number of thiazole rings is 1. The van der Waals surface area contributed by atoms with Crippen LogP contribution in [0.5, 0.6) is 0 Å². The number of imide groups is 1. The maximum atomic E-state index is 12.5. The van der Waals surface area contributed by atoms with Crippen molar-refractivity contribution in [2.75, 3.05) is 5.32 Å². The van der Waals surface area contributed by atoms with Gasteiger partial charge in [0, 0.05) is 5.69 Å². The van der Waals surface area contributed by atoms with E-state index in [9.17, 15) is 14.4 Å². The Hall–Kier alpha value is -3.32. The number of amides is 3. The molecule has 0 fully saturated rings. The van der Waals surface area contributed by atoms with Crippen LogP contribution in [-0.4, -0.2) is 27.6 Å². The molecular formula is C20H15N3O3S. The molecule has 0 bridgehead atoms. The SMILES string of the molecule is Cc1nc(CN2C(=O)c3ccccc3C2=O)sc1C(=O)Nc1ccccc1. The summed E-state index contributed by atoms with van der Waals surface area (Å²) in [4.78, 5) is 43.5. The van der Waals surface area contributed by atoms with Gasteiger partial charge in [0.1, 0.15) is 9.88 Å². The van der Waals surface area contributed by atoms with Crippen LogP contribution in [0.4, 0.5) is 5.69 Å². The van der Waals surface area contributed by atoms with Gasteiger partial charge in [-0.2, -0.15) is 0 Å². The number of nitrogens with zero attached hydrogens (tertiary/aromatic N) is 2. The summed E-state index contributed by atoms with van der Waals surface area (Å²) in [7, 11) is 0. The Balaban J connectivity index is 1.53. The summed E-state index contributed by atoms with van der Waals surface area (Å²) in [5, 5.41) is 3.36. The Morgan fingerprint density at radius 3 is 2.22 bits per heavy atom. The maximum Gasteiger partial charge on any atom is 0.267 e. The number of para-hydroxylation sites is 1. The van der Waals surface area contributed by atoms with E-state index in [1.54, 1.807) is 43.3 Å². The Bertz CT molecular complexity index is 1020. The molecule has 1 aliphatic rings. The summed E-state index contributed by atoms with van der Waals surface area (Å²) in [6.07, 6.45) is 0. The second-order valence-electron chi connectivity index (χ2n) is 6.08. The third kappa shape index (κ3) is 3.13. The van der Waals surface area contributed by atoms with Crippen molar-refractivity contribution < 1.29 is 14.4 Å². The number of benzene rings is 2. The van der Waals surface area contributed by atoms with E-state index in [2.05, 4.69) is 10.3 Å². The zero-order chi connectivity index (χ0) is 19.0. The molecule has 1 N–H and O–H groups in total. The molecule has 4 rings (SSSR count). The minimum absolute atomic E-state index is 0.0521. The van der Waals surface area contributed by atoms with E-state index < -0.39 is 0 Å². The number of carbonyl (C=O) groups excluding carboxylic acids is 3. The molecule has 0 atom stereocenters. The van der Waals surface area contributed by atoms with E-state index in [-0.39, 0.29) is 24.3 Å². The first-order valence-corrected chi connectivity index (χ1v) is 9.14. The molecule has 0 saturated heterocycles. The molecule has 27 heavy (non-hydrogen) atoms. The number of rotatable bonds is 4. The quantitative estimate of drug-likeness (QED) is 0.706. The molecule has 134 valence electrons. The van der Waals surface area contributed by atoms with Crippen LogP contribution in [0, 0.1) is 6.92 Å². The minimum atomic E-state index is -0.334. The fourth-order valence-electron chi connectivity index (χ4n) is 2.96. The molecule has 2 heterocycles. The van der Waals surface area contributed by atoms with Crippen molar-refractivity contribution in [1.29, 1.82) is 0 Å². The molecule has 2 aromatic carbocycles. The van der Waals surface area contributed by atoms with Crippen LogP contribution < -0.4 is 5.32 Å². The van der Waals surface area contributed by atoms with Crippen LogP contribution >= 0.6 is 11.3 Å². The lowest BCUT2D eigenvalue weighted by molar-refractivity contribution is 0.0642. The number of aromatic nitrogens is 1. The minimum Gasteiger partial charge on any atom is -0.321 e. The van der Waals surface area contributed by atoms with Gasteiger partial charge in [0.2, 0.25) is 0 Å². The largest absolute Gasteiger partial charge is 0.321 e. The van der Waals surface area contributed by atoms with E-state index in [0.29, 0.717) is 32.4 Å². The zero-order valence-corrected chi connectivity index (χ0v) is 15.2. The van der Waals surface area contributed by atoms with E-state index in [1.165, 1.54) is 16.2 Å². The number of hydrogen-bond acceptors (Lipinski definition) is 5. The summed E-state index contributed by atoms with van der Waals surface area (Å²) in [6.45, 7) is 1.79. The molecule has 6 nitrogen and oxygen atoms in total. The number of anilines is 1. The van der Waals surface area contributed by atoms with Gasteiger partial charge >= 0.3 is 0 Å². The Morgan fingerprint density at radius 2 is 1.59 bits per heavy atom. The zero-order valence-electron chi connectivity index (χ0n) is 14.4. The van der Waals surface area contributed by atoms with Gasteiger partial charge in [0.05, 0.1) is 23.4 Å². The number of aryl methyl sites for hydroxylation is 1. The Labute approximate surface area is 159 Å². The fourth-order valence-corrected chi connectivity index (χ4v) is 3.91. The highest BCUT2D eigenvalue weighted by Crippen LogP contribution is 2.27. The summed E-state index contributed by atoms with van der Waals surface area (Å²) in [5.74, 6) is -0.928. The normalized spacial score (nSPS) is 13.0. The highest BCUT2D eigenvalue weighted by molar-refractivity contribution is 7.13. The standard InChI is InChI=1S/C20H15N3O3S/c1-12-17(18(24)22-13-7-3-2-4-8-13)27-16(21-12)11-23-19(25)14-9-5-6-10-15(14)20(23)26/h2-10H,11H2,1H3,(H,22,24).